The van der Waals surface area contributed by atoms with E-state index in [2.05, 4.69) is 11.9 Å². The van der Waals surface area contributed by atoms with Crippen molar-refractivity contribution in [2.45, 2.75) is 55.8 Å². The van der Waals surface area contributed by atoms with Crippen molar-refractivity contribution in [1.82, 2.24) is 4.90 Å². The predicted octanol–water partition coefficient (Wildman–Crippen LogP) is 2.74. The van der Waals surface area contributed by atoms with E-state index < -0.39 is 23.1 Å². The molecule has 1 aromatic rings. The first-order valence-electron chi connectivity index (χ1n) is 10.6. The number of carbonyl (C=O) groups is 1. The number of aliphatic hydroxyl groups is 1. The van der Waals surface area contributed by atoms with Crippen LogP contribution in [0.25, 0.3) is 0 Å². The second-order valence-corrected chi connectivity index (χ2v) is 8.76. The largest absolute Gasteiger partial charge is 0.504 e. The maximum Gasteiger partial charge on any atom is 0.335 e. The first-order valence-corrected chi connectivity index (χ1v) is 10.6. The van der Waals surface area contributed by atoms with Gasteiger partial charge in [-0.3, -0.25) is 0 Å². The number of rotatable bonds is 3. The third-order valence-electron chi connectivity index (χ3n) is 7.33. The molecule has 2 aliphatic carbocycles. The van der Waals surface area contributed by atoms with E-state index in [4.69, 9.17) is 9.47 Å². The number of carbonyl (C=O) groups excluding carboxylic acids is 1. The molecular weight excluding hydrogens is 382 g/mol. The number of allylic oxidation sites excluding steroid dienone is 3. The Bertz CT molecular complexity index is 996. The van der Waals surface area contributed by atoms with Crippen molar-refractivity contribution in [1.29, 1.82) is 0 Å². The molecule has 0 radical (unpaired) electrons. The van der Waals surface area contributed by atoms with E-state index >= 15 is 0 Å². The average molecular weight is 409 g/mol. The minimum atomic E-state index is -1.06. The molecule has 158 valence electrons. The van der Waals surface area contributed by atoms with Gasteiger partial charge in [0.2, 0.25) is 0 Å². The van der Waals surface area contributed by atoms with Crippen molar-refractivity contribution < 1.29 is 24.5 Å². The zero-order valence-electron chi connectivity index (χ0n) is 17.3. The highest BCUT2D eigenvalue weighted by Crippen LogP contribution is 2.64. The second kappa shape index (κ2) is 6.72. The number of nitrogens with zero attached hydrogens (tertiary/aromatic N) is 1. The van der Waals surface area contributed by atoms with Gasteiger partial charge in [-0.25, -0.2) is 4.79 Å². The Morgan fingerprint density at radius 3 is 3.00 bits per heavy atom. The number of phenols is 1. The van der Waals surface area contributed by atoms with Crippen LogP contribution in [0.5, 0.6) is 11.5 Å². The van der Waals surface area contributed by atoms with Gasteiger partial charge in [-0.15, -0.1) is 0 Å². The van der Waals surface area contributed by atoms with Crippen LogP contribution in [0.3, 0.4) is 0 Å². The van der Waals surface area contributed by atoms with Crippen LogP contribution in [-0.4, -0.2) is 52.4 Å². The molecule has 2 N–H and O–H groups in total. The summed E-state index contributed by atoms with van der Waals surface area (Å²) in [5, 5.41) is 22.7. The molecular formula is C24H27NO5. The van der Waals surface area contributed by atoms with E-state index in [-0.39, 0.29) is 11.8 Å². The van der Waals surface area contributed by atoms with Gasteiger partial charge >= 0.3 is 5.97 Å². The van der Waals surface area contributed by atoms with Gasteiger partial charge in [0.15, 0.2) is 17.6 Å². The quantitative estimate of drug-likeness (QED) is 0.454. The number of phenolic OH excluding ortho intramolecular Hbond substituents is 1. The van der Waals surface area contributed by atoms with Gasteiger partial charge in [0, 0.05) is 24.1 Å². The predicted molar refractivity (Wildman–Crippen MR) is 111 cm³/mol. The van der Waals surface area contributed by atoms with Crippen LogP contribution < -0.4 is 4.74 Å². The smallest absolute Gasteiger partial charge is 0.335 e. The molecule has 1 fully saturated rings. The minimum absolute atomic E-state index is 0.0644. The fourth-order valence-electron chi connectivity index (χ4n) is 6.09. The zero-order valence-corrected chi connectivity index (χ0v) is 17.3. The van der Waals surface area contributed by atoms with Gasteiger partial charge in [0.05, 0.1) is 11.0 Å². The Hall–Kier alpha value is -2.57. The van der Waals surface area contributed by atoms with Crippen molar-refractivity contribution in [2.75, 3.05) is 13.6 Å². The summed E-state index contributed by atoms with van der Waals surface area (Å²) in [6.07, 6.45) is 10.4. The van der Waals surface area contributed by atoms with Crippen molar-refractivity contribution in [3.8, 4) is 11.5 Å². The molecule has 1 saturated heterocycles. The first kappa shape index (κ1) is 19.4. The van der Waals surface area contributed by atoms with Crippen molar-refractivity contribution in [3.05, 3.63) is 59.4 Å². The van der Waals surface area contributed by atoms with E-state index in [1.165, 1.54) is 6.08 Å². The highest BCUT2D eigenvalue weighted by atomic mass is 16.6. The Kier molecular flexibility index (Phi) is 4.35. The van der Waals surface area contributed by atoms with Crippen LogP contribution in [0, 0.1) is 0 Å². The topological polar surface area (TPSA) is 79.2 Å². The van der Waals surface area contributed by atoms with Gasteiger partial charge in [-0.05, 0) is 57.5 Å². The molecule has 1 spiro atoms. The maximum atomic E-state index is 12.4. The lowest BCUT2D eigenvalue weighted by molar-refractivity contribution is -0.145. The number of hydrogen-bond acceptors (Lipinski definition) is 6. The highest BCUT2D eigenvalue weighted by Gasteiger charge is 2.70. The van der Waals surface area contributed by atoms with Crippen LogP contribution >= 0.6 is 0 Å². The van der Waals surface area contributed by atoms with Crippen molar-refractivity contribution in [2.24, 2.45) is 0 Å². The molecule has 0 amide bonds. The summed E-state index contributed by atoms with van der Waals surface area (Å²) in [5.41, 5.74) is 0.176. The van der Waals surface area contributed by atoms with Crippen molar-refractivity contribution in [3.63, 3.8) is 0 Å². The van der Waals surface area contributed by atoms with Crippen molar-refractivity contribution >= 4 is 5.97 Å². The molecule has 2 heterocycles. The summed E-state index contributed by atoms with van der Waals surface area (Å²) < 4.78 is 12.0. The van der Waals surface area contributed by atoms with E-state index in [1.54, 1.807) is 24.3 Å². The SMILES string of the molecule is C/C=C/C=C/C(=O)OC1=CC[C@@]2(O)[C@H]3Cc4ccc(O)c5c4[C@@]2(CCCN3C)[C@H]1O5. The summed E-state index contributed by atoms with van der Waals surface area (Å²) in [5.74, 6) is 0.423. The Morgan fingerprint density at radius 1 is 1.37 bits per heavy atom. The van der Waals surface area contributed by atoms with E-state index in [0.29, 0.717) is 30.8 Å². The first-order chi connectivity index (χ1) is 14.4. The molecule has 4 atom stereocenters. The lowest BCUT2D eigenvalue weighted by atomic mass is 9.52. The van der Waals surface area contributed by atoms with Crippen LogP contribution in [0.15, 0.2) is 48.3 Å². The lowest BCUT2D eigenvalue weighted by Crippen LogP contribution is -2.69. The third-order valence-corrected chi connectivity index (χ3v) is 7.33. The highest BCUT2D eigenvalue weighted by molar-refractivity contribution is 5.83. The average Bonchev–Trinajstić information content (AvgIpc) is 3.05. The van der Waals surface area contributed by atoms with E-state index in [9.17, 15) is 15.0 Å². The van der Waals surface area contributed by atoms with Crippen LogP contribution in [0.2, 0.25) is 0 Å². The Balaban J connectivity index is 1.64. The lowest BCUT2D eigenvalue weighted by Gasteiger charge is -2.56. The zero-order chi connectivity index (χ0) is 21.1. The standard InChI is InChI=1S/C24H27NO5/c1-3-4-5-7-19(27)29-17-10-12-24(28)18-14-15-8-9-16(26)21-20(15)23(24,22(17)30-21)11-6-13-25(18)2/h3-5,7-10,18,22,26,28H,6,11-14H2,1-2H3/b4-3+,7-5+/t18-,22+,23+,24-/m1/s1. The van der Waals surface area contributed by atoms with Gasteiger partial charge in [-0.1, -0.05) is 24.3 Å². The molecule has 0 aromatic heterocycles. The monoisotopic (exact) mass is 409 g/mol. The molecule has 4 aliphatic rings. The number of benzene rings is 1. The summed E-state index contributed by atoms with van der Waals surface area (Å²) in [6, 6.07) is 3.53. The number of hydrogen-bond donors (Lipinski definition) is 2. The van der Waals surface area contributed by atoms with Gasteiger partial charge in [0.1, 0.15) is 5.76 Å². The number of esters is 1. The maximum absolute atomic E-state index is 12.4. The number of likely N-dealkylation sites (N-methyl/N-ethyl adjacent to an activating group) is 1. The Labute approximate surface area is 176 Å². The number of aromatic hydroxyl groups is 1. The summed E-state index contributed by atoms with van der Waals surface area (Å²) >= 11 is 0. The Morgan fingerprint density at radius 2 is 2.20 bits per heavy atom. The van der Waals surface area contributed by atoms with Crippen LogP contribution in [-0.2, 0) is 21.4 Å². The molecule has 5 rings (SSSR count). The third kappa shape index (κ3) is 2.41. The number of likely N-dealkylation sites (tertiary alicyclic amines) is 1. The molecule has 0 saturated carbocycles. The van der Waals surface area contributed by atoms with E-state index in [1.807, 2.05) is 19.1 Å². The minimum Gasteiger partial charge on any atom is -0.504 e. The summed E-state index contributed by atoms with van der Waals surface area (Å²) in [6.45, 7) is 2.74. The molecule has 2 bridgehead atoms. The van der Waals surface area contributed by atoms with Crippen LogP contribution in [0.4, 0.5) is 0 Å². The molecule has 6 heteroatoms. The molecule has 0 unspecified atom stereocenters. The van der Waals surface area contributed by atoms with E-state index in [0.717, 1.165) is 24.1 Å². The summed E-state index contributed by atoms with van der Waals surface area (Å²) in [7, 11) is 2.06. The molecule has 30 heavy (non-hydrogen) atoms. The van der Waals surface area contributed by atoms with Gasteiger partial charge in [-0.2, -0.15) is 0 Å². The fraction of sp³-hybridized carbons (Fsp3) is 0.458. The molecule has 2 aliphatic heterocycles. The van der Waals surface area contributed by atoms with Crippen LogP contribution in [0.1, 0.15) is 37.3 Å². The van der Waals surface area contributed by atoms with Gasteiger partial charge in [0.25, 0.3) is 0 Å². The molecule has 6 nitrogen and oxygen atoms in total. The summed E-state index contributed by atoms with van der Waals surface area (Å²) in [4.78, 5) is 14.6. The number of ether oxygens (including phenoxy) is 2. The fourth-order valence-corrected chi connectivity index (χ4v) is 6.09. The molecule has 1 aromatic carbocycles. The van der Waals surface area contributed by atoms with Gasteiger partial charge < -0.3 is 24.6 Å². The normalized spacial score (nSPS) is 34.4. The second-order valence-electron chi connectivity index (χ2n) is 8.76.